The van der Waals surface area contributed by atoms with Crippen molar-refractivity contribution >= 4 is 0 Å². The third kappa shape index (κ3) is 2.86. The summed E-state index contributed by atoms with van der Waals surface area (Å²) in [6, 6.07) is 10.0. The molecule has 1 aromatic carbocycles. The molecule has 4 heteroatoms. The maximum absolute atomic E-state index is 9.69. The molecule has 0 saturated carbocycles. The van der Waals surface area contributed by atoms with Crippen molar-refractivity contribution < 1.29 is 9.47 Å². The fourth-order valence-electron chi connectivity index (χ4n) is 2.38. The first-order valence-corrected chi connectivity index (χ1v) is 6.56. The number of nitrogens with zero attached hydrogens (tertiary/aromatic N) is 2. The Morgan fingerprint density at radius 3 is 2.25 bits per heavy atom. The molecule has 0 fully saturated rings. The Balaban J connectivity index is 3.35. The molecule has 0 aliphatic heterocycles. The van der Waals surface area contributed by atoms with Crippen LogP contribution in [0.15, 0.2) is 18.2 Å². The zero-order chi connectivity index (χ0) is 15.2. The molecule has 0 saturated heterocycles. The number of rotatable bonds is 6. The highest BCUT2D eigenvalue weighted by atomic mass is 16.5. The van der Waals surface area contributed by atoms with Gasteiger partial charge in [-0.25, -0.2) is 0 Å². The Morgan fingerprint density at radius 1 is 1.15 bits per heavy atom. The fourth-order valence-corrected chi connectivity index (χ4v) is 2.38. The van der Waals surface area contributed by atoms with Gasteiger partial charge in [-0.1, -0.05) is 19.9 Å². The van der Waals surface area contributed by atoms with Gasteiger partial charge in [0.05, 0.1) is 31.8 Å². The molecule has 1 rings (SSSR count). The van der Waals surface area contributed by atoms with Crippen LogP contribution in [0.25, 0.3) is 0 Å². The zero-order valence-electron chi connectivity index (χ0n) is 12.4. The van der Waals surface area contributed by atoms with Crippen molar-refractivity contribution in [2.24, 2.45) is 5.92 Å². The Bertz CT molecular complexity index is 540. The van der Waals surface area contributed by atoms with Gasteiger partial charge in [0.15, 0.2) is 11.5 Å². The van der Waals surface area contributed by atoms with Crippen molar-refractivity contribution in [2.45, 2.75) is 32.1 Å². The van der Waals surface area contributed by atoms with Crippen molar-refractivity contribution in [3.63, 3.8) is 0 Å². The number of hydrogen-bond donors (Lipinski definition) is 0. The predicted molar refractivity (Wildman–Crippen MR) is 76.5 cm³/mol. The van der Waals surface area contributed by atoms with Gasteiger partial charge in [-0.3, -0.25) is 0 Å². The summed E-state index contributed by atoms with van der Waals surface area (Å²) in [5, 5.41) is 18.5. The SMILES string of the molecule is COc1ccc([C@@](C#N)(CCC#N)C(C)C)cc1OC. The van der Waals surface area contributed by atoms with E-state index in [1.807, 2.05) is 26.0 Å². The summed E-state index contributed by atoms with van der Waals surface area (Å²) >= 11 is 0. The van der Waals surface area contributed by atoms with Crippen LogP contribution >= 0.6 is 0 Å². The van der Waals surface area contributed by atoms with Crippen LogP contribution in [-0.4, -0.2) is 14.2 Å². The minimum Gasteiger partial charge on any atom is -0.493 e. The van der Waals surface area contributed by atoms with Crippen molar-refractivity contribution in [3.8, 4) is 23.6 Å². The Hall–Kier alpha value is -2.20. The Kier molecular flexibility index (Phi) is 5.41. The quantitative estimate of drug-likeness (QED) is 0.795. The zero-order valence-corrected chi connectivity index (χ0v) is 12.4. The molecule has 0 heterocycles. The smallest absolute Gasteiger partial charge is 0.161 e. The van der Waals surface area contributed by atoms with Gasteiger partial charge in [-0.05, 0) is 30.0 Å². The lowest BCUT2D eigenvalue weighted by Gasteiger charge is -2.31. The molecule has 0 amide bonds. The van der Waals surface area contributed by atoms with Crippen LogP contribution in [0.4, 0.5) is 0 Å². The van der Waals surface area contributed by atoms with Crippen LogP contribution in [0, 0.1) is 28.6 Å². The normalized spacial score (nSPS) is 13.2. The first kappa shape index (κ1) is 15.9. The van der Waals surface area contributed by atoms with E-state index >= 15 is 0 Å². The van der Waals surface area contributed by atoms with E-state index in [-0.39, 0.29) is 5.92 Å². The summed E-state index contributed by atoms with van der Waals surface area (Å²) in [4.78, 5) is 0. The average molecular weight is 272 g/mol. The highest BCUT2D eigenvalue weighted by molar-refractivity contribution is 5.47. The molecule has 1 aromatic rings. The Morgan fingerprint density at radius 2 is 1.80 bits per heavy atom. The fraction of sp³-hybridized carbons (Fsp3) is 0.500. The van der Waals surface area contributed by atoms with E-state index in [0.717, 1.165) is 5.56 Å². The van der Waals surface area contributed by atoms with Gasteiger partial charge in [0.1, 0.15) is 0 Å². The van der Waals surface area contributed by atoms with Crippen molar-refractivity contribution in [1.82, 2.24) is 0 Å². The number of nitriles is 2. The summed E-state index contributed by atoms with van der Waals surface area (Å²) in [5.74, 6) is 1.33. The van der Waals surface area contributed by atoms with Crippen molar-refractivity contribution in [2.75, 3.05) is 14.2 Å². The molecule has 0 spiro atoms. The molecule has 0 radical (unpaired) electrons. The van der Waals surface area contributed by atoms with Crippen LogP contribution in [0.1, 0.15) is 32.3 Å². The van der Waals surface area contributed by atoms with E-state index < -0.39 is 5.41 Å². The van der Waals surface area contributed by atoms with E-state index in [1.54, 1.807) is 20.3 Å². The summed E-state index contributed by atoms with van der Waals surface area (Å²) < 4.78 is 10.5. The van der Waals surface area contributed by atoms with Gasteiger partial charge >= 0.3 is 0 Å². The van der Waals surface area contributed by atoms with Gasteiger partial charge in [0.25, 0.3) is 0 Å². The third-order valence-electron chi connectivity index (χ3n) is 3.71. The van der Waals surface area contributed by atoms with E-state index in [1.165, 1.54) is 0 Å². The maximum atomic E-state index is 9.69. The first-order valence-electron chi connectivity index (χ1n) is 6.56. The second-order valence-corrected chi connectivity index (χ2v) is 4.97. The maximum Gasteiger partial charge on any atom is 0.161 e. The number of methoxy groups -OCH3 is 2. The molecule has 0 aliphatic carbocycles. The number of hydrogen-bond acceptors (Lipinski definition) is 4. The lowest BCUT2D eigenvalue weighted by Crippen LogP contribution is -2.30. The number of benzene rings is 1. The van der Waals surface area contributed by atoms with Crippen LogP contribution < -0.4 is 9.47 Å². The van der Waals surface area contributed by atoms with E-state index in [9.17, 15) is 5.26 Å². The minimum absolute atomic E-state index is 0.0963. The van der Waals surface area contributed by atoms with Gasteiger partial charge < -0.3 is 9.47 Å². The highest BCUT2D eigenvalue weighted by Gasteiger charge is 2.36. The largest absolute Gasteiger partial charge is 0.493 e. The van der Waals surface area contributed by atoms with Crippen molar-refractivity contribution in [1.29, 1.82) is 10.5 Å². The number of ether oxygens (including phenoxy) is 2. The standard InChI is InChI=1S/C16H20N2O2/c1-12(2)16(11-18,8-5-9-17)13-6-7-14(19-3)15(10-13)20-4/h6-7,10,12H,5,8H2,1-4H3/t16-/m1/s1. The molecule has 0 N–H and O–H groups in total. The van der Waals surface area contributed by atoms with Gasteiger partial charge in [-0.15, -0.1) is 0 Å². The molecule has 1 atom stereocenters. The monoisotopic (exact) mass is 272 g/mol. The molecular formula is C16H20N2O2. The average Bonchev–Trinajstić information content (AvgIpc) is 2.47. The van der Waals surface area contributed by atoms with Crippen LogP contribution in [0.3, 0.4) is 0 Å². The van der Waals surface area contributed by atoms with E-state index in [2.05, 4.69) is 12.1 Å². The van der Waals surface area contributed by atoms with Crippen LogP contribution in [-0.2, 0) is 5.41 Å². The molecule has 106 valence electrons. The minimum atomic E-state index is -0.685. The van der Waals surface area contributed by atoms with Crippen LogP contribution in [0.2, 0.25) is 0 Å². The molecule has 4 nitrogen and oxygen atoms in total. The molecule has 0 unspecified atom stereocenters. The topological polar surface area (TPSA) is 66.0 Å². The second-order valence-electron chi connectivity index (χ2n) is 4.97. The molecule has 0 aliphatic rings. The van der Waals surface area contributed by atoms with Gasteiger partial charge in [0, 0.05) is 6.42 Å². The van der Waals surface area contributed by atoms with E-state index in [4.69, 9.17) is 14.7 Å². The highest BCUT2D eigenvalue weighted by Crippen LogP contribution is 2.40. The van der Waals surface area contributed by atoms with Crippen molar-refractivity contribution in [3.05, 3.63) is 23.8 Å². The first-order chi connectivity index (χ1) is 9.55. The van der Waals surface area contributed by atoms with Gasteiger partial charge in [-0.2, -0.15) is 10.5 Å². The summed E-state index contributed by atoms with van der Waals surface area (Å²) in [6.45, 7) is 3.99. The molecule has 0 aromatic heterocycles. The summed E-state index contributed by atoms with van der Waals surface area (Å²) in [5.41, 5.74) is 0.179. The summed E-state index contributed by atoms with van der Waals surface area (Å²) in [6.07, 6.45) is 0.854. The predicted octanol–water partition coefficient (Wildman–Crippen LogP) is 3.42. The van der Waals surface area contributed by atoms with E-state index in [0.29, 0.717) is 24.3 Å². The lowest BCUT2D eigenvalue weighted by atomic mass is 9.70. The molecular weight excluding hydrogens is 252 g/mol. The second kappa shape index (κ2) is 6.82. The molecule has 20 heavy (non-hydrogen) atoms. The lowest BCUT2D eigenvalue weighted by molar-refractivity contribution is 0.346. The van der Waals surface area contributed by atoms with Crippen LogP contribution in [0.5, 0.6) is 11.5 Å². The molecule has 0 bridgehead atoms. The Labute approximate surface area is 120 Å². The van der Waals surface area contributed by atoms with Gasteiger partial charge in [0.2, 0.25) is 0 Å². The summed E-state index contributed by atoms with van der Waals surface area (Å²) in [7, 11) is 3.15. The third-order valence-corrected chi connectivity index (χ3v) is 3.71.